The van der Waals surface area contributed by atoms with Gasteiger partial charge in [-0.15, -0.1) is 0 Å². The van der Waals surface area contributed by atoms with E-state index in [1.54, 1.807) is 18.2 Å². The van der Waals surface area contributed by atoms with Crippen molar-refractivity contribution in [3.8, 4) is 0 Å². The van der Waals surface area contributed by atoms with Crippen LogP contribution in [0.2, 0.25) is 10.0 Å². The summed E-state index contributed by atoms with van der Waals surface area (Å²) in [5, 5.41) is 13.9. The monoisotopic (exact) mass is 315 g/mol. The van der Waals surface area contributed by atoms with Crippen molar-refractivity contribution in [3.05, 3.63) is 33.8 Å². The molecular formula is C15H19Cl2NO2. The number of hydrogen-bond acceptors (Lipinski definition) is 2. The summed E-state index contributed by atoms with van der Waals surface area (Å²) in [6, 6.07) is 4.94. The molecule has 0 aliphatic heterocycles. The average Bonchev–Trinajstić information content (AvgIpc) is 2.39. The molecule has 1 amide bonds. The highest BCUT2D eigenvalue weighted by Crippen LogP contribution is 2.32. The van der Waals surface area contributed by atoms with Gasteiger partial charge < -0.3 is 10.4 Å². The van der Waals surface area contributed by atoms with Crippen LogP contribution in [0.25, 0.3) is 0 Å². The Bertz CT molecular complexity index is 507. The third-order valence-corrected chi connectivity index (χ3v) is 4.66. The number of amides is 1. The Morgan fingerprint density at radius 1 is 1.50 bits per heavy atom. The zero-order valence-electron chi connectivity index (χ0n) is 11.5. The standard InChI is InChI=1S/C15H19Cl2NO2/c1-10-4-3-7-15(20,8-10)9-18-14(19)11-5-2-6-12(16)13(11)17/h2,5-6,10,20H,3-4,7-9H2,1H3,(H,18,19). The van der Waals surface area contributed by atoms with E-state index < -0.39 is 5.60 Å². The van der Waals surface area contributed by atoms with Gasteiger partial charge in [-0.3, -0.25) is 4.79 Å². The van der Waals surface area contributed by atoms with Crippen molar-refractivity contribution < 1.29 is 9.90 Å². The largest absolute Gasteiger partial charge is 0.388 e. The van der Waals surface area contributed by atoms with Gasteiger partial charge in [-0.25, -0.2) is 0 Å². The SMILES string of the molecule is CC1CCCC(O)(CNC(=O)c2cccc(Cl)c2Cl)C1. The van der Waals surface area contributed by atoms with Crippen molar-refractivity contribution in [1.29, 1.82) is 0 Å². The Morgan fingerprint density at radius 2 is 2.25 bits per heavy atom. The Labute approximate surface area is 129 Å². The fourth-order valence-corrected chi connectivity index (χ4v) is 3.20. The number of benzene rings is 1. The van der Waals surface area contributed by atoms with E-state index in [0.717, 1.165) is 25.7 Å². The van der Waals surface area contributed by atoms with Crippen LogP contribution in [0.5, 0.6) is 0 Å². The summed E-state index contributed by atoms with van der Waals surface area (Å²) in [7, 11) is 0. The van der Waals surface area contributed by atoms with E-state index in [-0.39, 0.29) is 17.5 Å². The first-order valence-corrected chi connectivity index (χ1v) is 7.61. The second-order valence-corrected chi connectivity index (χ2v) is 6.50. The molecule has 1 saturated carbocycles. The van der Waals surface area contributed by atoms with Gasteiger partial charge in [-0.05, 0) is 30.9 Å². The molecule has 1 fully saturated rings. The van der Waals surface area contributed by atoms with Gasteiger partial charge in [0, 0.05) is 6.54 Å². The fraction of sp³-hybridized carbons (Fsp3) is 0.533. The summed E-state index contributed by atoms with van der Waals surface area (Å²) in [5.41, 5.74) is -0.468. The van der Waals surface area contributed by atoms with Crippen molar-refractivity contribution in [2.45, 2.75) is 38.2 Å². The number of hydrogen-bond donors (Lipinski definition) is 2. The van der Waals surface area contributed by atoms with Crippen LogP contribution < -0.4 is 5.32 Å². The fourth-order valence-electron chi connectivity index (χ4n) is 2.81. The van der Waals surface area contributed by atoms with Crippen molar-refractivity contribution in [3.63, 3.8) is 0 Å². The van der Waals surface area contributed by atoms with Gasteiger partial charge in [0.1, 0.15) is 0 Å². The first-order chi connectivity index (χ1) is 9.41. The molecule has 1 aliphatic rings. The maximum atomic E-state index is 12.1. The second-order valence-electron chi connectivity index (χ2n) is 5.71. The number of carbonyl (C=O) groups excluding carboxylic acids is 1. The van der Waals surface area contributed by atoms with E-state index in [9.17, 15) is 9.90 Å². The maximum absolute atomic E-state index is 12.1. The zero-order valence-corrected chi connectivity index (χ0v) is 13.0. The van der Waals surface area contributed by atoms with Crippen LogP contribution in [0.4, 0.5) is 0 Å². The van der Waals surface area contributed by atoms with Crippen LogP contribution in [-0.4, -0.2) is 23.2 Å². The highest BCUT2D eigenvalue weighted by Gasteiger charge is 2.33. The van der Waals surface area contributed by atoms with Gasteiger partial charge in [-0.1, -0.05) is 49.0 Å². The van der Waals surface area contributed by atoms with E-state index >= 15 is 0 Å². The topological polar surface area (TPSA) is 49.3 Å². The van der Waals surface area contributed by atoms with Crippen molar-refractivity contribution >= 4 is 29.1 Å². The van der Waals surface area contributed by atoms with Crippen LogP contribution in [0.1, 0.15) is 43.0 Å². The van der Waals surface area contributed by atoms with Gasteiger partial charge in [-0.2, -0.15) is 0 Å². The summed E-state index contributed by atoms with van der Waals surface area (Å²) in [6.07, 6.45) is 3.57. The molecule has 1 aliphatic carbocycles. The van der Waals surface area contributed by atoms with E-state index in [2.05, 4.69) is 12.2 Å². The minimum Gasteiger partial charge on any atom is -0.388 e. The molecule has 2 atom stereocenters. The number of carbonyl (C=O) groups is 1. The minimum absolute atomic E-state index is 0.246. The molecule has 110 valence electrons. The van der Waals surface area contributed by atoms with Crippen LogP contribution in [-0.2, 0) is 0 Å². The molecule has 0 heterocycles. The molecule has 2 rings (SSSR count). The predicted octanol–water partition coefficient (Wildman–Crippen LogP) is 3.66. The quantitative estimate of drug-likeness (QED) is 0.894. The molecule has 0 saturated heterocycles. The van der Waals surface area contributed by atoms with Crippen LogP contribution >= 0.6 is 23.2 Å². The van der Waals surface area contributed by atoms with E-state index in [0.29, 0.717) is 16.5 Å². The van der Waals surface area contributed by atoms with E-state index in [4.69, 9.17) is 23.2 Å². The lowest BCUT2D eigenvalue weighted by Gasteiger charge is -2.35. The molecular weight excluding hydrogens is 297 g/mol. The smallest absolute Gasteiger partial charge is 0.252 e. The van der Waals surface area contributed by atoms with Gasteiger partial charge >= 0.3 is 0 Å². The summed E-state index contributed by atoms with van der Waals surface area (Å²) < 4.78 is 0. The molecule has 5 heteroatoms. The molecule has 1 aromatic carbocycles. The van der Waals surface area contributed by atoms with Gasteiger partial charge in [0.2, 0.25) is 0 Å². The zero-order chi connectivity index (χ0) is 14.8. The number of nitrogens with one attached hydrogen (secondary N) is 1. The first-order valence-electron chi connectivity index (χ1n) is 6.86. The van der Waals surface area contributed by atoms with E-state index in [1.807, 2.05) is 0 Å². The number of halogens is 2. The maximum Gasteiger partial charge on any atom is 0.252 e. The van der Waals surface area contributed by atoms with Crippen LogP contribution in [0.15, 0.2) is 18.2 Å². The molecule has 20 heavy (non-hydrogen) atoms. The lowest BCUT2D eigenvalue weighted by Crippen LogP contribution is -2.45. The Hall–Kier alpha value is -0.770. The highest BCUT2D eigenvalue weighted by atomic mass is 35.5. The van der Waals surface area contributed by atoms with E-state index in [1.165, 1.54) is 0 Å². The van der Waals surface area contributed by atoms with Crippen molar-refractivity contribution in [2.75, 3.05) is 6.54 Å². The molecule has 2 N–H and O–H groups in total. The van der Waals surface area contributed by atoms with Gasteiger partial charge in [0.15, 0.2) is 0 Å². The average molecular weight is 316 g/mol. The summed E-state index contributed by atoms with van der Waals surface area (Å²) in [6.45, 7) is 2.37. The third kappa shape index (κ3) is 3.66. The Balaban J connectivity index is 2.00. The molecule has 0 aromatic heterocycles. The molecule has 0 spiro atoms. The summed E-state index contributed by atoms with van der Waals surface area (Å²) in [4.78, 5) is 12.1. The predicted molar refractivity (Wildman–Crippen MR) is 81.4 cm³/mol. The van der Waals surface area contributed by atoms with Crippen LogP contribution in [0.3, 0.4) is 0 Å². The molecule has 0 bridgehead atoms. The summed E-state index contributed by atoms with van der Waals surface area (Å²) >= 11 is 11.9. The third-order valence-electron chi connectivity index (χ3n) is 3.84. The molecule has 2 unspecified atom stereocenters. The lowest BCUT2D eigenvalue weighted by atomic mass is 9.79. The molecule has 3 nitrogen and oxygen atoms in total. The minimum atomic E-state index is -0.807. The lowest BCUT2D eigenvalue weighted by molar-refractivity contribution is -0.0109. The van der Waals surface area contributed by atoms with Crippen molar-refractivity contribution in [1.82, 2.24) is 5.32 Å². The van der Waals surface area contributed by atoms with Crippen molar-refractivity contribution in [2.24, 2.45) is 5.92 Å². The van der Waals surface area contributed by atoms with Gasteiger partial charge in [0.25, 0.3) is 5.91 Å². The number of aliphatic hydroxyl groups is 1. The first kappa shape index (κ1) is 15.6. The van der Waals surface area contributed by atoms with Gasteiger partial charge in [0.05, 0.1) is 21.2 Å². The molecule has 1 aromatic rings. The Morgan fingerprint density at radius 3 is 2.95 bits per heavy atom. The Kier molecular flexibility index (Phi) is 4.95. The number of rotatable bonds is 3. The highest BCUT2D eigenvalue weighted by molar-refractivity contribution is 6.43. The molecule has 0 radical (unpaired) electrons. The van der Waals surface area contributed by atoms with Crippen LogP contribution in [0, 0.1) is 5.92 Å². The second kappa shape index (κ2) is 6.33. The summed E-state index contributed by atoms with van der Waals surface area (Å²) in [5.74, 6) is 0.185. The normalized spacial score (nSPS) is 26.3.